The van der Waals surface area contributed by atoms with Gasteiger partial charge in [0.05, 0.1) is 11.8 Å². The Hall–Kier alpha value is -1.40. The lowest BCUT2D eigenvalue weighted by molar-refractivity contribution is -0.170. The van der Waals surface area contributed by atoms with E-state index < -0.39 is 5.54 Å². The molecule has 1 aliphatic carbocycles. The number of nitrogens with two attached hydrogens (primary N) is 1. The molecule has 0 saturated heterocycles. The average Bonchev–Trinajstić information content (AvgIpc) is 2.69. The zero-order valence-corrected chi connectivity index (χ0v) is 14.5. The number of amides is 1. The van der Waals surface area contributed by atoms with Crippen molar-refractivity contribution in [3.8, 4) is 0 Å². The molecule has 6 nitrogen and oxygen atoms in total. The number of carbonyl (C=O) groups is 1. The number of aryl methyl sites for hydroxylation is 2. The van der Waals surface area contributed by atoms with E-state index in [-0.39, 0.29) is 17.4 Å². The summed E-state index contributed by atoms with van der Waals surface area (Å²) in [4.78, 5) is 12.6. The van der Waals surface area contributed by atoms with Crippen LogP contribution in [-0.4, -0.2) is 33.9 Å². The molecule has 1 fully saturated rings. The number of ether oxygens (including phenoxy) is 1. The summed E-state index contributed by atoms with van der Waals surface area (Å²) in [7, 11) is 1.90. The van der Waals surface area contributed by atoms with E-state index in [9.17, 15) is 4.79 Å². The van der Waals surface area contributed by atoms with E-state index in [1.807, 2.05) is 46.3 Å². The van der Waals surface area contributed by atoms with Gasteiger partial charge in [-0.25, -0.2) is 0 Å². The third-order valence-corrected chi connectivity index (χ3v) is 5.32. The van der Waals surface area contributed by atoms with Crippen molar-refractivity contribution in [2.75, 3.05) is 6.61 Å². The van der Waals surface area contributed by atoms with Gasteiger partial charge in [0.2, 0.25) is 5.91 Å². The fourth-order valence-corrected chi connectivity index (χ4v) is 3.22. The minimum absolute atomic E-state index is 0.0371. The van der Waals surface area contributed by atoms with Gasteiger partial charge >= 0.3 is 0 Å². The lowest BCUT2D eigenvalue weighted by Gasteiger charge is -2.57. The van der Waals surface area contributed by atoms with Crippen LogP contribution in [0.1, 0.15) is 44.1 Å². The second-order valence-electron chi connectivity index (χ2n) is 6.80. The highest BCUT2D eigenvalue weighted by molar-refractivity contribution is 5.88. The molecule has 1 heterocycles. The zero-order valence-electron chi connectivity index (χ0n) is 14.5. The van der Waals surface area contributed by atoms with Crippen LogP contribution in [0.4, 0.5) is 0 Å². The number of hydrogen-bond acceptors (Lipinski definition) is 4. The highest BCUT2D eigenvalue weighted by Gasteiger charge is 2.62. The van der Waals surface area contributed by atoms with E-state index in [0.717, 1.165) is 17.0 Å². The van der Waals surface area contributed by atoms with Gasteiger partial charge in [-0.3, -0.25) is 9.48 Å². The van der Waals surface area contributed by atoms with Crippen LogP contribution in [0.5, 0.6) is 0 Å². The maximum atomic E-state index is 12.6. The maximum absolute atomic E-state index is 12.6. The third-order valence-electron chi connectivity index (χ3n) is 5.32. The molecule has 0 radical (unpaired) electrons. The fourth-order valence-electron chi connectivity index (χ4n) is 3.22. The van der Waals surface area contributed by atoms with Crippen LogP contribution in [0.25, 0.3) is 0 Å². The SMILES string of the molecule is CCOC1CC(N)(C(=O)NCc2c(C)nn(C)c2C)C1(C)C. The van der Waals surface area contributed by atoms with Gasteiger partial charge in [-0.1, -0.05) is 13.8 Å². The second kappa shape index (κ2) is 5.66. The minimum atomic E-state index is -0.878. The largest absolute Gasteiger partial charge is 0.378 e. The van der Waals surface area contributed by atoms with Crippen molar-refractivity contribution in [3.05, 3.63) is 17.0 Å². The molecule has 2 atom stereocenters. The summed E-state index contributed by atoms with van der Waals surface area (Å²) in [6.45, 7) is 11.0. The molecule has 3 N–H and O–H groups in total. The third kappa shape index (κ3) is 2.44. The highest BCUT2D eigenvalue weighted by atomic mass is 16.5. The molecule has 0 spiro atoms. The Labute approximate surface area is 132 Å². The van der Waals surface area contributed by atoms with Crippen LogP contribution in [0.2, 0.25) is 0 Å². The molecule has 1 aromatic heterocycles. The van der Waals surface area contributed by atoms with Crippen molar-refractivity contribution in [1.82, 2.24) is 15.1 Å². The number of nitrogens with zero attached hydrogens (tertiary/aromatic N) is 2. The Morgan fingerprint density at radius 3 is 2.59 bits per heavy atom. The number of nitrogens with one attached hydrogen (secondary N) is 1. The molecule has 2 rings (SSSR count). The lowest BCUT2D eigenvalue weighted by Crippen LogP contribution is -2.75. The van der Waals surface area contributed by atoms with Crippen LogP contribution in [0, 0.1) is 19.3 Å². The number of rotatable bonds is 5. The first-order valence-corrected chi connectivity index (χ1v) is 7.83. The molecule has 1 saturated carbocycles. The summed E-state index contributed by atoms with van der Waals surface area (Å²) >= 11 is 0. The maximum Gasteiger partial charge on any atom is 0.241 e. The molecule has 6 heteroatoms. The quantitative estimate of drug-likeness (QED) is 0.856. The lowest BCUT2D eigenvalue weighted by atomic mass is 9.54. The van der Waals surface area contributed by atoms with Crippen LogP contribution < -0.4 is 11.1 Å². The first-order chi connectivity index (χ1) is 10.1. The normalized spacial score (nSPS) is 26.6. The predicted molar refractivity (Wildman–Crippen MR) is 85.3 cm³/mol. The predicted octanol–water partition coefficient (Wildman–Crippen LogP) is 1.19. The van der Waals surface area contributed by atoms with Crippen molar-refractivity contribution in [3.63, 3.8) is 0 Å². The van der Waals surface area contributed by atoms with E-state index in [1.165, 1.54) is 0 Å². The Balaban J connectivity index is 2.04. The molecule has 1 amide bonds. The Kier molecular flexibility index (Phi) is 4.37. The van der Waals surface area contributed by atoms with E-state index in [2.05, 4.69) is 10.4 Å². The monoisotopic (exact) mass is 308 g/mol. The van der Waals surface area contributed by atoms with Crippen LogP contribution >= 0.6 is 0 Å². The number of aromatic nitrogens is 2. The zero-order chi connectivity index (χ0) is 16.7. The standard InChI is InChI=1S/C16H28N4O2/c1-7-22-13-8-16(17,15(13,4)5)14(21)18-9-12-10(2)19-20(6)11(12)3/h13H,7-9,17H2,1-6H3,(H,18,21). The van der Waals surface area contributed by atoms with Gasteiger partial charge < -0.3 is 15.8 Å². The van der Waals surface area contributed by atoms with Gasteiger partial charge in [0.15, 0.2) is 0 Å². The van der Waals surface area contributed by atoms with Crippen LogP contribution in [-0.2, 0) is 23.1 Å². The van der Waals surface area contributed by atoms with E-state index >= 15 is 0 Å². The summed E-state index contributed by atoms with van der Waals surface area (Å²) in [5.41, 5.74) is 8.18. The highest BCUT2D eigenvalue weighted by Crippen LogP contribution is 2.49. The first-order valence-electron chi connectivity index (χ1n) is 7.83. The molecular weight excluding hydrogens is 280 g/mol. The average molecular weight is 308 g/mol. The molecule has 0 aliphatic heterocycles. The molecule has 2 unspecified atom stereocenters. The van der Waals surface area contributed by atoms with Crippen LogP contribution in [0.3, 0.4) is 0 Å². The van der Waals surface area contributed by atoms with Crippen molar-refractivity contribution in [2.24, 2.45) is 18.2 Å². The van der Waals surface area contributed by atoms with E-state index in [0.29, 0.717) is 19.6 Å². The molecule has 1 aliphatic rings. The van der Waals surface area contributed by atoms with Crippen molar-refractivity contribution in [1.29, 1.82) is 0 Å². The van der Waals surface area contributed by atoms with Gasteiger partial charge in [0.1, 0.15) is 5.54 Å². The molecule has 124 valence electrons. The van der Waals surface area contributed by atoms with Crippen molar-refractivity contribution < 1.29 is 9.53 Å². The van der Waals surface area contributed by atoms with Gasteiger partial charge in [0.25, 0.3) is 0 Å². The van der Waals surface area contributed by atoms with Crippen molar-refractivity contribution in [2.45, 2.75) is 59.2 Å². The minimum Gasteiger partial charge on any atom is -0.378 e. The van der Waals surface area contributed by atoms with Gasteiger partial charge in [-0.15, -0.1) is 0 Å². The number of carbonyl (C=O) groups excluding carboxylic acids is 1. The van der Waals surface area contributed by atoms with E-state index in [4.69, 9.17) is 10.5 Å². The second-order valence-corrected chi connectivity index (χ2v) is 6.80. The number of hydrogen-bond donors (Lipinski definition) is 2. The molecule has 0 bridgehead atoms. The molecular formula is C16H28N4O2. The summed E-state index contributed by atoms with van der Waals surface area (Å²) < 4.78 is 7.50. The van der Waals surface area contributed by atoms with E-state index in [1.54, 1.807) is 0 Å². The summed E-state index contributed by atoms with van der Waals surface area (Å²) in [5.74, 6) is -0.115. The molecule has 22 heavy (non-hydrogen) atoms. The summed E-state index contributed by atoms with van der Waals surface area (Å²) in [5, 5.41) is 7.35. The summed E-state index contributed by atoms with van der Waals surface area (Å²) in [6, 6.07) is 0. The Morgan fingerprint density at radius 2 is 2.14 bits per heavy atom. The van der Waals surface area contributed by atoms with Gasteiger partial charge in [-0.05, 0) is 20.8 Å². The fraction of sp³-hybridized carbons (Fsp3) is 0.750. The topological polar surface area (TPSA) is 82.2 Å². The van der Waals surface area contributed by atoms with Gasteiger partial charge in [0, 0.05) is 43.3 Å². The van der Waals surface area contributed by atoms with Gasteiger partial charge in [-0.2, -0.15) is 5.10 Å². The Bertz CT molecular complexity index is 579. The molecule has 0 aromatic carbocycles. The first kappa shape index (κ1) is 17.0. The Morgan fingerprint density at radius 1 is 1.50 bits per heavy atom. The van der Waals surface area contributed by atoms with Crippen molar-refractivity contribution >= 4 is 5.91 Å². The smallest absolute Gasteiger partial charge is 0.241 e. The van der Waals surface area contributed by atoms with Crippen LogP contribution in [0.15, 0.2) is 0 Å². The summed E-state index contributed by atoms with van der Waals surface area (Å²) in [6.07, 6.45) is 0.597. The molecule has 1 aromatic rings.